The van der Waals surface area contributed by atoms with Gasteiger partial charge in [-0.1, -0.05) is 32.6 Å². The Morgan fingerprint density at radius 3 is 2.26 bits per heavy atom. The van der Waals surface area contributed by atoms with E-state index in [1.165, 1.54) is 12.0 Å². The van der Waals surface area contributed by atoms with E-state index < -0.39 is 6.10 Å². The molecule has 35 heavy (non-hydrogen) atoms. The second-order valence-corrected chi connectivity index (χ2v) is 10.1. The van der Waals surface area contributed by atoms with Gasteiger partial charge in [0, 0.05) is 30.6 Å². The molecule has 0 aliphatic heterocycles. The van der Waals surface area contributed by atoms with Gasteiger partial charge in [-0.05, 0) is 75.6 Å². The highest BCUT2D eigenvalue weighted by molar-refractivity contribution is 7.95. The van der Waals surface area contributed by atoms with Crippen LogP contribution in [-0.2, 0) is 11.3 Å². The molecule has 0 heterocycles. The lowest BCUT2D eigenvalue weighted by Gasteiger charge is -2.17. The van der Waals surface area contributed by atoms with Crippen LogP contribution >= 0.6 is 12.0 Å². The molecule has 0 fully saturated rings. The monoisotopic (exact) mass is 497 g/mol. The molecule has 8 heteroatoms. The Balaban J connectivity index is 1.99. The molecular weight excluding hydrogens is 458 g/mol. The van der Waals surface area contributed by atoms with Gasteiger partial charge in [0.1, 0.15) is 11.9 Å². The Hall–Kier alpha value is -2.65. The number of hydrogen-bond donors (Lipinski definition) is 3. The van der Waals surface area contributed by atoms with Crippen molar-refractivity contribution in [3.63, 3.8) is 0 Å². The third kappa shape index (κ3) is 10.2. The number of likely N-dealkylation sites (N-methyl/N-ethyl adjacent to an activating group) is 1. The molecular formula is C27H39N5O2S. The van der Waals surface area contributed by atoms with Gasteiger partial charge >= 0.3 is 0 Å². The van der Waals surface area contributed by atoms with Crippen LogP contribution in [0, 0.1) is 5.41 Å². The highest BCUT2D eigenvalue weighted by Crippen LogP contribution is 2.21. The van der Waals surface area contributed by atoms with Gasteiger partial charge in [0.2, 0.25) is 5.90 Å². The molecule has 7 nitrogen and oxygen atoms in total. The van der Waals surface area contributed by atoms with Crippen LogP contribution in [-0.4, -0.2) is 62.2 Å². The van der Waals surface area contributed by atoms with Crippen LogP contribution in [0.2, 0.25) is 0 Å². The summed E-state index contributed by atoms with van der Waals surface area (Å²) in [6, 6.07) is 15.7. The second-order valence-electron chi connectivity index (χ2n) is 8.78. The SMILES string of the molecule is C=C(/N=C(\CNC)c1ccc(OSC(C)C)cc1)C(C)OC(=N)c1ccc(CNCN(C)C)cc1. The maximum Gasteiger partial charge on any atom is 0.213 e. The summed E-state index contributed by atoms with van der Waals surface area (Å²) < 4.78 is 11.5. The lowest BCUT2D eigenvalue weighted by atomic mass is 10.1. The Bertz CT molecular complexity index is 972. The van der Waals surface area contributed by atoms with Crippen molar-refractivity contribution in [3.8, 4) is 5.75 Å². The molecule has 1 unspecified atom stereocenters. The largest absolute Gasteiger partial charge is 0.468 e. The summed E-state index contributed by atoms with van der Waals surface area (Å²) in [6.45, 7) is 12.3. The molecule has 0 saturated heterocycles. The molecule has 2 aromatic carbocycles. The normalized spacial score (nSPS) is 12.6. The number of ether oxygens (including phenoxy) is 1. The number of benzene rings is 2. The van der Waals surface area contributed by atoms with Gasteiger partial charge in [-0.25, -0.2) is 0 Å². The molecule has 0 bridgehead atoms. The first-order chi connectivity index (χ1) is 16.7. The van der Waals surface area contributed by atoms with Crippen LogP contribution in [0.1, 0.15) is 37.5 Å². The van der Waals surface area contributed by atoms with Gasteiger partial charge in [-0.2, -0.15) is 0 Å². The molecule has 2 aromatic rings. The van der Waals surface area contributed by atoms with Gasteiger partial charge in [0.15, 0.2) is 0 Å². The summed E-state index contributed by atoms with van der Waals surface area (Å²) in [4.78, 5) is 6.81. The Morgan fingerprint density at radius 2 is 1.69 bits per heavy atom. The van der Waals surface area contributed by atoms with Crippen LogP contribution in [0.4, 0.5) is 0 Å². The Morgan fingerprint density at radius 1 is 1.06 bits per heavy atom. The first-order valence-electron chi connectivity index (χ1n) is 11.7. The maximum atomic E-state index is 8.38. The smallest absolute Gasteiger partial charge is 0.213 e. The topological polar surface area (TPSA) is 82.0 Å². The zero-order chi connectivity index (χ0) is 25.8. The standard InChI is InChI=1S/C27H39N5O2S/c1-19(2)35-34-25-14-12-23(13-15-25)26(17-29-5)31-20(3)21(4)33-27(28)24-10-8-22(9-11-24)16-30-18-32(6)7/h8-15,19,21,28-30H,3,16-18H2,1-2,4-7H3/b28-27?,31-26+. The fourth-order valence-corrected chi connectivity index (χ4v) is 3.42. The van der Waals surface area contributed by atoms with Crippen molar-refractivity contribution in [2.45, 2.75) is 38.7 Å². The van der Waals surface area contributed by atoms with E-state index in [4.69, 9.17) is 19.3 Å². The summed E-state index contributed by atoms with van der Waals surface area (Å²) in [5.74, 6) is 0.903. The molecule has 0 spiro atoms. The summed E-state index contributed by atoms with van der Waals surface area (Å²) in [5, 5.41) is 15.3. The van der Waals surface area contributed by atoms with Crippen LogP contribution in [0.5, 0.6) is 5.75 Å². The van der Waals surface area contributed by atoms with Crippen LogP contribution in [0.25, 0.3) is 0 Å². The number of aliphatic imine (C=N–C) groups is 1. The lowest BCUT2D eigenvalue weighted by Crippen LogP contribution is -2.27. The molecule has 1 atom stereocenters. The zero-order valence-corrected chi connectivity index (χ0v) is 22.5. The van der Waals surface area contributed by atoms with Gasteiger partial charge < -0.3 is 19.6 Å². The lowest BCUT2D eigenvalue weighted by molar-refractivity contribution is 0.241. The average molecular weight is 498 g/mol. The van der Waals surface area contributed by atoms with Gasteiger partial charge in [-0.15, -0.1) is 0 Å². The van der Waals surface area contributed by atoms with E-state index in [1.54, 1.807) is 0 Å². The van der Waals surface area contributed by atoms with Gasteiger partial charge in [0.25, 0.3) is 0 Å². The first kappa shape index (κ1) is 28.6. The molecule has 0 radical (unpaired) electrons. The molecule has 2 rings (SSSR count). The van der Waals surface area contributed by atoms with Crippen molar-refractivity contribution in [2.24, 2.45) is 4.99 Å². The minimum absolute atomic E-state index is 0.0981. The molecule has 0 aliphatic carbocycles. The third-order valence-electron chi connectivity index (χ3n) is 4.88. The summed E-state index contributed by atoms with van der Waals surface area (Å²) in [6.07, 6.45) is -0.444. The summed E-state index contributed by atoms with van der Waals surface area (Å²) in [5.41, 5.74) is 4.25. The molecule has 0 amide bonds. The van der Waals surface area contributed by atoms with E-state index in [1.807, 2.05) is 76.6 Å². The van der Waals surface area contributed by atoms with Crippen molar-refractivity contribution < 1.29 is 8.92 Å². The van der Waals surface area contributed by atoms with Crippen molar-refractivity contribution in [1.29, 1.82) is 5.41 Å². The molecule has 0 aliphatic rings. The fourth-order valence-electron chi connectivity index (χ4n) is 3.00. The fraction of sp³-hybridized carbons (Fsp3) is 0.407. The molecule has 0 saturated carbocycles. The summed E-state index contributed by atoms with van der Waals surface area (Å²) in [7, 11) is 5.92. The van der Waals surface area contributed by atoms with Gasteiger partial charge in [-0.3, -0.25) is 15.3 Å². The molecule has 3 N–H and O–H groups in total. The van der Waals surface area contributed by atoms with Gasteiger partial charge in [0.05, 0.1) is 23.5 Å². The van der Waals surface area contributed by atoms with Crippen molar-refractivity contribution >= 4 is 23.7 Å². The minimum Gasteiger partial charge on any atom is -0.468 e. The van der Waals surface area contributed by atoms with E-state index in [0.717, 1.165) is 41.4 Å². The zero-order valence-electron chi connectivity index (χ0n) is 21.7. The van der Waals surface area contributed by atoms with Crippen LogP contribution in [0.3, 0.4) is 0 Å². The van der Waals surface area contributed by atoms with Crippen LogP contribution in [0.15, 0.2) is 65.8 Å². The van der Waals surface area contributed by atoms with E-state index in [-0.39, 0.29) is 5.90 Å². The average Bonchev–Trinajstić information content (AvgIpc) is 2.82. The Labute approximate surface area is 214 Å². The van der Waals surface area contributed by atoms with E-state index in [9.17, 15) is 0 Å². The van der Waals surface area contributed by atoms with Crippen LogP contribution < -0.4 is 14.8 Å². The number of hydrogen-bond acceptors (Lipinski definition) is 8. The highest BCUT2D eigenvalue weighted by Gasteiger charge is 2.14. The first-order valence-corrected chi connectivity index (χ1v) is 12.5. The quantitative estimate of drug-likeness (QED) is 0.152. The second kappa shape index (κ2) is 14.7. The Kier molecular flexibility index (Phi) is 12.0. The molecule has 190 valence electrons. The number of nitrogens with zero attached hydrogens (tertiary/aromatic N) is 2. The van der Waals surface area contributed by atoms with E-state index >= 15 is 0 Å². The number of nitrogens with one attached hydrogen (secondary N) is 3. The van der Waals surface area contributed by atoms with Crippen molar-refractivity contribution in [3.05, 3.63) is 77.5 Å². The van der Waals surface area contributed by atoms with E-state index in [2.05, 4.69) is 36.0 Å². The summed E-state index contributed by atoms with van der Waals surface area (Å²) >= 11 is 1.43. The van der Waals surface area contributed by atoms with Crippen molar-refractivity contribution in [1.82, 2.24) is 15.5 Å². The predicted octanol–water partition coefficient (Wildman–Crippen LogP) is 4.68. The van der Waals surface area contributed by atoms with Crippen molar-refractivity contribution in [2.75, 3.05) is 34.4 Å². The number of rotatable bonds is 14. The highest BCUT2D eigenvalue weighted by atomic mass is 32.2. The molecule has 0 aromatic heterocycles. The third-order valence-corrected chi connectivity index (χ3v) is 5.56. The van der Waals surface area contributed by atoms with E-state index in [0.29, 0.717) is 17.5 Å². The minimum atomic E-state index is -0.444. The predicted molar refractivity (Wildman–Crippen MR) is 149 cm³/mol. The maximum absolute atomic E-state index is 8.38.